The Bertz CT molecular complexity index is 255. The fourth-order valence-electron chi connectivity index (χ4n) is 0.492. The van der Waals surface area contributed by atoms with Crippen molar-refractivity contribution in [3.8, 4) is 0 Å². The summed E-state index contributed by atoms with van der Waals surface area (Å²) in [5.74, 6) is 0. The van der Waals surface area contributed by atoms with Gasteiger partial charge < -0.3 is 9.80 Å². The second kappa shape index (κ2) is 6.52. The summed E-state index contributed by atoms with van der Waals surface area (Å²) in [4.78, 5) is 31.9. The van der Waals surface area contributed by atoms with E-state index in [9.17, 15) is 9.59 Å². The topological polar surface area (TPSA) is 77.4 Å². The molecule has 0 aliphatic rings. The van der Waals surface area contributed by atoms with Crippen molar-refractivity contribution >= 4 is 24.7 Å². The van der Waals surface area contributed by atoms with E-state index < -0.39 is 12.1 Å². The summed E-state index contributed by atoms with van der Waals surface area (Å²) in [6.07, 6.45) is 2.58. The van der Waals surface area contributed by atoms with E-state index >= 15 is 0 Å². The van der Waals surface area contributed by atoms with Gasteiger partial charge in [0.25, 0.3) is 0 Å². The molecule has 0 saturated heterocycles. The molecule has 0 saturated carbocycles. The molecular formula is C8H15N5O2. The Balaban J connectivity index is 4.03. The maximum absolute atomic E-state index is 11.0. The minimum atomic E-state index is -0.746. The van der Waals surface area contributed by atoms with Crippen LogP contribution in [0.1, 0.15) is 0 Å². The lowest BCUT2D eigenvalue weighted by Crippen LogP contribution is -2.26. The highest BCUT2D eigenvalue weighted by molar-refractivity contribution is 5.98. The monoisotopic (exact) mass is 213 g/mol. The summed E-state index contributed by atoms with van der Waals surface area (Å²) in [5, 5.41) is 1.96. The Labute approximate surface area is 88.5 Å². The molecule has 0 heterocycles. The van der Waals surface area contributed by atoms with Crippen LogP contribution in [0, 0.1) is 0 Å². The van der Waals surface area contributed by atoms with Gasteiger partial charge in [0.1, 0.15) is 0 Å². The van der Waals surface area contributed by atoms with E-state index in [-0.39, 0.29) is 0 Å². The summed E-state index contributed by atoms with van der Waals surface area (Å²) in [6.45, 7) is 0. The van der Waals surface area contributed by atoms with Gasteiger partial charge in [-0.2, -0.15) is 9.98 Å². The van der Waals surface area contributed by atoms with Gasteiger partial charge in [-0.15, -0.1) is 0 Å². The first-order valence-corrected chi connectivity index (χ1v) is 4.18. The van der Waals surface area contributed by atoms with Gasteiger partial charge in [0.05, 0.1) is 12.7 Å². The van der Waals surface area contributed by atoms with Gasteiger partial charge in [0.2, 0.25) is 0 Å². The van der Waals surface area contributed by atoms with E-state index in [2.05, 4.69) is 9.98 Å². The number of nitrogens with one attached hydrogen (secondary N) is 1. The Morgan fingerprint density at radius 3 is 1.53 bits per heavy atom. The van der Waals surface area contributed by atoms with Crippen molar-refractivity contribution in [1.82, 2.24) is 15.1 Å². The summed E-state index contributed by atoms with van der Waals surface area (Å²) in [5.41, 5.74) is 0. The first-order chi connectivity index (χ1) is 6.91. The van der Waals surface area contributed by atoms with Crippen LogP contribution in [0.3, 0.4) is 0 Å². The molecule has 0 fully saturated rings. The second-order valence-electron chi connectivity index (χ2n) is 3.15. The molecule has 7 heteroatoms. The van der Waals surface area contributed by atoms with Gasteiger partial charge in [0.15, 0.2) is 0 Å². The van der Waals surface area contributed by atoms with E-state index in [1.807, 2.05) is 5.32 Å². The van der Waals surface area contributed by atoms with E-state index in [1.165, 1.54) is 12.7 Å². The van der Waals surface area contributed by atoms with E-state index in [0.29, 0.717) is 0 Å². The number of carbonyl (C=O) groups excluding carboxylic acids is 2. The molecule has 0 aromatic rings. The smallest absolute Gasteiger partial charge is 0.350 e. The fraction of sp³-hybridized carbons (Fsp3) is 0.500. The van der Waals surface area contributed by atoms with Crippen molar-refractivity contribution < 1.29 is 9.59 Å². The zero-order valence-corrected chi connectivity index (χ0v) is 9.26. The highest BCUT2D eigenvalue weighted by Crippen LogP contribution is 1.79. The maximum Gasteiger partial charge on any atom is 0.350 e. The average molecular weight is 213 g/mol. The third kappa shape index (κ3) is 8.41. The molecule has 0 spiro atoms. The van der Waals surface area contributed by atoms with E-state index in [0.717, 1.165) is 0 Å². The molecule has 0 radical (unpaired) electrons. The van der Waals surface area contributed by atoms with Crippen LogP contribution in [0.2, 0.25) is 0 Å². The molecule has 84 valence electrons. The molecule has 7 nitrogen and oxygen atoms in total. The number of urea groups is 2. The van der Waals surface area contributed by atoms with Crippen LogP contribution < -0.4 is 5.32 Å². The third-order valence-electron chi connectivity index (χ3n) is 1.03. The SMILES string of the molecule is CN(C)C=NC(=O)NC(=O)N=CN(C)C. The van der Waals surface area contributed by atoms with Crippen LogP contribution >= 0.6 is 0 Å². The first kappa shape index (κ1) is 13.1. The van der Waals surface area contributed by atoms with E-state index in [1.54, 1.807) is 38.0 Å². The van der Waals surface area contributed by atoms with Crippen LogP contribution in [0.5, 0.6) is 0 Å². The molecule has 15 heavy (non-hydrogen) atoms. The molecule has 0 aromatic heterocycles. The lowest BCUT2D eigenvalue weighted by Gasteiger charge is -2.02. The highest BCUT2D eigenvalue weighted by Gasteiger charge is 2.02. The molecule has 0 aliphatic carbocycles. The summed E-state index contributed by atoms with van der Waals surface area (Å²) >= 11 is 0. The Morgan fingerprint density at radius 1 is 0.933 bits per heavy atom. The summed E-state index contributed by atoms with van der Waals surface area (Å²) in [7, 11) is 6.84. The van der Waals surface area contributed by atoms with Crippen molar-refractivity contribution in [2.24, 2.45) is 9.98 Å². The van der Waals surface area contributed by atoms with Crippen molar-refractivity contribution in [3.63, 3.8) is 0 Å². The number of carbonyl (C=O) groups is 2. The fourth-order valence-corrected chi connectivity index (χ4v) is 0.492. The third-order valence-corrected chi connectivity index (χ3v) is 1.03. The Hall–Kier alpha value is -1.92. The number of imide groups is 1. The lowest BCUT2D eigenvalue weighted by atomic mass is 10.8. The predicted molar refractivity (Wildman–Crippen MR) is 58.3 cm³/mol. The van der Waals surface area contributed by atoms with Crippen LogP contribution in [-0.2, 0) is 0 Å². The number of hydrogen-bond acceptors (Lipinski definition) is 2. The van der Waals surface area contributed by atoms with Gasteiger partial charge in [0, 0.05) is 28.2 Å². The zero-order chi connectivity index (χ0) is 11.8. The largest absolute Gasteiger partial charge is 0.369 e. The molecule has 0 bridgehead atoms. The maximum atomic E-state index is 11.0. The number of aliphatic imine (C=N–C) groups is 2. The zero-order valence-electron chi connectivity index (χ0n) is 9.26. The molecule has 0 unspecified atom stereocenters. The molecule has 0 aromatic carbocycles. The minimum absolute atomic E-state index is 0.746. The number of hydrogen-bond donors (Lipinski definition) is 1. The van der Waals surface area contributed by atoms with Crippen LogP contribution in [-0.4, -0.2) is 62.7 Å². The number of nitrogens with zero attached hydrogens (tertiary/aromatic N) is 4. The first-order valence-electron chi connectivity index (χ1n) is 4.18. The Kier molecular flexibility index (Phi) is 5.69. The molecule has 0 atom stereocenters. The standard InChI is InChI=1S/C8H15N5O2/c1-12(2)5-9-7(14)11-8(15)10-6-13(3)4/h5-6H,1-4H3,(H,11,14,15). The molecule has 4 amide bonds. The second-order valence-corrected chi connectivity index (χ2v) is 3.15. The normalized spacial score (nSPS) is 10.7. The lowest BCUT2D eigenvalue weighted by molar-refractivity contribution is 0.237. The molecule has 0 aliphatic heterocycles. The molecule has 0 rings (SSSR count). The van der Waals surface area contributed by atoms with Crippen molar-refractivity contribution in [1.29, 1.82) is 0 Å². The van der Waals surface area contributed by atoms with E-state index in [4.69, 9.17) is 0 Å². The average Bonchev–Trinajstić information content (AvgIpc) is 2.11. The quantitative estimate of drug-likeness (QED) is 0.517. The van der Waals surface area contributed by atoms with Gasteiger partial charge in [-0.25, -0.2) is 9.59 Å². The van der Waals surface area contributed by atoms with Crippen molar-refractivity contribution in [2.45, 2.75) is 0 Å². The van der Waals surface area contributed by atoms with Gasteiger partial charge >= 0.3 is 12.1 Å². The van der Waals surface area contributed by atoms with Crippen LogP contribution in [0.4, 0.5) is 9.59 Å². The Morgan fingerprint density at radius 2 is 1.27 bits per heavy atom. The van der Waals surface area contributed by atoms with Crippen LogP contribution in [0.15, 0.2) is 9.98 Å². The summed E-state index contributed by atoms with van der Waals surface area (Å²) < 4.78 is 0. The molecular weight excluding hydrogens is 198 g/mol. The summed E-state index contributed by atoms with van der Waals surface area (Å²) in [6, 6.07) is -1.49. The number of rotatable bonds is 2. The van der Waals surface area contributed by atoms with Crippen molar-refractivity contribution in [2.75, 3.05) is 28.2 Å². The highest BCUT2D eigenvalue weighted by atomic mass is 16.2. The predicted octanol–water partition coefficient (Wildman–Crippen LogP) is -0.00420. The molecule has 1 N–H and O–H groups in total. The minimum Gasteiger partial charge on any atom is -0.369 e. The van der Waals surface area contributed by atoms with Crippen LogP contribution in [0.25, 0.3) is 0 Å². The number of amides is 4. The van der Waals surface area contributed by atoms with Gasteiger partial charge in [-0.3, -0.25) is 5.32 Å². The van der Waals surface area contributed by atoms with Gasteiger partial charge in [-0.05, 0) is 0 Å². The van der Waals surface area contributed by atoms with Gasteiger partial charge in [-0.1, -0.05) is 0 Å². The van der Waals surface area contributed by atoms with Crippen molar-refractivity contribution in [3.05, 3.63) is 0 Å².